The van der Waals surface area contributed by atoms with Crippen molar-refractivity contribution in [3.63, 3.8) is 0 Å². The molecule has 6 aromatic rings. The van der Waals surface area contributed by atoms with Gasteiger partial charge in [0.15, 0.2) is 0 Å². The van der Waals surface area contributed by atoms with Gasteiger partial charge in [0.05, 0.1) is 0 Å². The summed E-state index contributed by atoms with van der Waals surface area (Å²) in [6.45, 7) is 13.5. The summed E-state index contributed by atoms with van der Waals surface area (Å²) < 4.78 is 0. The summed E-state index contributed by atoms with van der Waals surface area (Å²) in [5.74, 6) is -5.45. The number of rotatable bonds is 8. The zero-order chi connectivity index (χ0) is 31.6. The Bertz CT molecular complexity index is 1610. The fraction of sp³-hybridized carbons (Fsp3) is 0.143. The Morgan fingerprint density at radius 1 is 0.289 bits per heavy atom. The van der Waals surface area contributed by atoms with Gasteiger partial charge in [-0.2, -0.15) is 0 Å². The van der Waals surface area contributed by atoms with Gasteiger partial charge in [-0.05, 0) is 0 Å². The molecule has 0 saturated heterocycles. The molecule has 0 atom stereocenters. The SMILES string of the molecule is Cc1cccc([PH]([Co][PH](c2cccc(C)c2)(c2cccc(C)c2)c2cccc(C)c2)(c2cccc(C)c2)c2cccc(C)c2)c1. The summed E-state index contributed by atoms with van der Waals surface area (Å²) in [7, 11) is 0. The Morgan fingerprint density at radius 2 is 0.467 bits per heavy atom. The molecule has 0 saturated carbocycles. The van der Waals surface area contributed by atoms with Crippen LogP contribution >= 0.6 is 12.0 Å². The van der Waals surface area contributed by atoms with E-state index in [9.17, 15) is 0 Å². The zero-order valence-corrected chi connectivity index (χ0v) is 30.2. The Balaban J connectivity index is 1.83. The van der Waals surface area contributed by atoms with E-state index in [4.69, 9.17) is 0 Å². The van der Waals surface area contributed by atoms with E-state index in [0.717, 1.165) is 0 Å². The van der Waals surface area contributed by atoms with Crippen molar-refractivity contribution in [2.75, 3.05) is 0 Å². The predicted molar refractivity (Wildman–Crippen MR) is 202 cm³/mol. The first-order valence-electron chi connectivity index (χ1n) is 15.8. The van der Waals surface area contributed by atoms with E-state index in [2.05, 4.69) is 187 Å². The van der Waals surface area contributed by atoms with Gasteiger partial charge >= 0.3 is 278 Å². The van der Waals surface area contributed by atoms with Crippen molar-refractivity contribution in [2.45, 2.75) is 41.5 Å². The number of aryl methyl sites for hydroxylation is 6. The molecule has 0 spiro atoms. The first-order chi connectivity index (χ1) is 21.7. The normalized spacial score (nSPS) is 12.7. The van der Waals surface area contributed by atoms with Crippen LogP contribution in [0.15, 0.2) is 146 Å². The minimum absolute atomic E-state index is 1.31. The first-order valence-corrected chi connectivity index (χ1v) is 22.6. The fourth-order valence-electron chi connectivity index (χ4n) is 6.59. The maximum absolute atomic E-state index is 2.72. The molecule has 45 heavy (non-hydrogen) atoms. The summed E-state index contributed by atoms with van der Waals surface area (Å²) in [5, 5.41) is 8.85. The molecule has 0 amide bonds. The summed E-state index contributed by atoms with van der Waals surface area (Å²) in [5.41, 5.74) is 7.88. The van der Waals surface area contributed by atoms with Crippen LogP contribution in [0, 0.1) is 41.5 Å². The number of benzene rings is 6. The minimum atomic E-state index is -2.72. The van der Waals surface area contributed by atoms with Gasteiger partial charge in [0, 0.05) is 0 Å². The Hall–Kier alpha value is -3.31. The summed E-state index contributed by atoms with van der Waals surface area (Å²) in [6.07, 6.45) is 0. The van der Waals surface area contributed by atoms with Crippen molar-refractivity contribution in [1.29, 1.82) is 0 Å². The van der Waals surface area contributed by atoms with Gasteiger partial charge in [-0.25, -0.2) is 0 Å². The molecule has 6 aromatic carbocycles. The van der Waals surface area contributed by atoms with Gasteiger partial charge in [0.25, 0.3) is 0 Å². The van der Waals surface area contributed by atoms with Crippen LogP contribution in [0.2, 0.25) is 0 Å². The molecule has 0 radical (unpaired) electrons. The van der Waals surface area contributed by atoms with Crippen LogP contribution in [-0.2, 0) is 13.8 Å². The van der Waals surface area contributed by atoms with Crippen molar-refractivity contribution >= 4 is 43.8 Å². The van der Waals surface area contributed by atoms with Gasteiger partial charge < -0.3 is 0 Å². The van der Waals surface area contributed by atoms with Crippen LogP contribution in [0.5, 0.6) is 0 Å². The van der Waals surface area contributed by atoms with Crippen LogP contribution < -0.4 is 31.8 Å². The molecular formula is C42H44CoP2. The quantitative estimate of drug-likeness (QED) is 0.143. The molecule has 0 aromatic heterocycles. The molecule has 0 N–H and O–H groups in total. The Morgan fingerprint density at radius 3 is 0.622 bits per heavy atom. The molecule has 231 valence electrons. The number of hydrogen-bond donors (Lipinski definition) is 0. The third-order valence-electron chi connectivity index (χ3n) is 8.67. The molecule has 0 aliphatic rings. The maximum atomic E-state index is 2.49. The second-order valence-electron chi connectivity index (χ2n) is 12.6. The third kappa shape index (κ3) is 6.25. The van der Waals surface area contributed by atoms with Crippen molar-refractivity contribution in [3.8, 4) is 0 Å². The van der Waals surface area contributed by atoms with Crippen molar-refractivity contribution in [3.05, 3.63) is 179 Å². The molecule has 3 heteroatoms. The van der Waals surface area contributed by atoms with Crippen LogP contribution in [-0.4, -0.2) is 0 Å². The van der Waals surface area contributed by atoms with Gasteiger partial charge in [0.1, 0.15) is 0 Å². The molecule has 0 bridgehead atoms. The average molecular weight is 670 g/mol. The second kappa shape index (κ2) is 13.2. The molecule has 0 fully saturated rings. The van der Waals surface area contributed by atoms with Gasteiger partial charge in [-0.15, -0.1) is 0 Å². The van der Waals surface area contributed by atoms with Crippen molar-refractivity contribution in [1.82, 2.24) is 0 Å². The third-order valence-corrected chi connectivity index (χ3v) is 29.6. The van der Waals surface area contributed by atoms with Gasteiger partial charge in [-0.1, -0.05) is 0 Å². The molecule has 0 aliphatic heterocycles. The Labute approximate surface area is 276 Å². The molecule has 0 aliphatic carbocycles. The predicted octanol–water partition coefficient (Wildman–Crippen LogP) is 8.20. The molecule has 0 unspecified atom stereocenters. The van der Waals surface area contributed by atoms with E-state index in [0.29, 0.717) is 0 Å². The molecular weight excluding hydrogens is 625 g/mol. The van der Waals surface area contributed by atoms with Crippen LogP contribution in [0.3, 0.4) is 0 Å². The van der Waals surface area contributed by atoms with E-state index in [1.165, 1.54) is 65.2 Å². The molecule has 0 heterocycles. The van der Waals surface area contributed by atoms with E-state index in [-0.39, 0.29) is 0 Å². The topological polar surface area (TPSA) is 0 Å². The molecule has 0 nitrogen and oxygen atoms in total. The average Bonchev–Trinajstić information content (AvgIpc) is 3.02. The second-order valence-corrected chi connectivity index (χ2v) is 26.2. The van der Waals surface area contributed by atoms with E-state index in [1.54, 1.807) is 13.8 Å². The van der Waals surface area contributed by atoms with Crippen LogP contribution in [0.1, 0.15) is 33.4 Å². The van der Waals surface area contributed by atoms with E-state index >= 15 is 0 Å². The van der Waals surface area contributed by atoms with Crippen molar-refractivity contribution in [2.24, 2.45) is 0 Å². The van der Waals surface area contributed by atoms with Gasteiger partial charge in [0.2, 0.25) is 0 Å². The number of hydrogen-bond acceptors (Lipinski definition) is 0. The Kier molecular flexibility index (Phi) is 9.28. The van der Waals surface area contributed by atoms with Crippen LogP contribution in [0.4, 0.5) is 0 Å². The summed E-state index contributed by atoms with van der Waals surface area (Å²) in [6, 6.07) is 56.7. The summed E-state index contributed by atoms with van der Waals surface area (Å²) >= 11 is 1.56. The molecule has 6 rings (SSSR count). The van der Waals surface area contributed by atoms with Gasteiger partial charge in [-0.3, -0.25) is 0 Å². The zero-order valence-electron chi connectivity index (χ0n) is 27.2. The van der Waals surface area contributed by atoms with Crippen molar-refractivity contribution < 1.29 is 13.8 Å². The van der Waals surface area contributed by atoms with E-state index in [1.807, 2.05) is 0 Å². The monoisotopic (exact) mass is 669 g/mol. The summed E-state index contributed by atoms with van der Waals surface area (Å²) in [4.78, 5) is 0. The fourth-order valence-corrected chi connectivity index (χ4v) is 33.1. The van der Waals surface area contributed by atoms with Crippen LogP contribution in [0.25, 0.3) is 0 Å². The first kappa shape index (κ1) is 31.7. The standard InChI is InChI=1S/2C21H21P.Co/c2*1-16-7-4-10-19(13-16)22(20-11-5-8-17(2)14-20)21-12-6-9-18(3)15-21;/h2*4-15H,1-3H3;/q;;-2/p+2. The van der Waals surface area contributed by atoms with E-state index < -0.39 is 12.0 Å².